The Morgan fingerprint density at radius 2 is 1.62 bits per heavy atom. The maximum atomic E-state index is 12.3. The number of benzene rings is 1. The van der Waals surface area contributed by atoms with E-state index in [4.69, 9.17) is 0 Å². The van der Waals surface area contributed by atoms with E-state index >= 15 is 0 Å². The Labute approximate surface area is 93.2 Å². The SMILES string of the molecule is Cc1cccc(C(C)(C)C)c1OC(F)(F)F. The molecule has 0 bridgehead atoms. The van der Waals surface area contributed by atoms with Crippen LogP contribution in [0.1, 0.15) is 31.9 Å². The van der Waals surface area contributed by atoms with E-state index in [-0.39, 0.29) is 11.2 Å². The van der Waals surface area contributed by atoms with E-state index in [0.29, 0.717) is 11.1 Å². The highest BCUT2D eigenvalue weighted by atomic mass is 19.4. The molecule has 0 heterocycles. The lowest BCUT2D eigenvalue weighted by Crippen LogP contribution is -2.22. The van der Waals surface area contributed by atoms with E-state index in [2.05, 4.69) is 4.74 Å². The molecule has 4 heteroatoms. The van der Waals surface area contributed by atoms with Crippen LogP contribution in [0.4, 0.5) is 13.2 Å². The lowest BCUT2D eigenvalue weighted by atomic mass is 9.85. The van der Waals surface area contributed by atoms with Crippen molar-refractivity contribution in [2.45, 2.75) is 39.5 Å². The quantitative estimate of drug-likeness (QED) is 0.705. The molecule has 0 aliphatic carbocycles. The van der Waals surface area contributed by atoms with E-state index < -0.39 is 6.36 Å². The molecule has 1 aromatic rings. The van der Waals surface area contributed by atoms with Crippen molar-refractivity contribution in [3.8, 4) is 5.75 Å². The molecule has 90 valence electrons. The van der Waals surface area contributed by atoms with Gasteiger partial charge in [0.05, 0.1) is 0 Å². The fourth-order valence-corrected chi connectivity index (χ4v) is 1.49. The summed E-state index contributed by atoms with van der Waals surface area (Å²) < 4.78 is 40.9. The van der Waals surface area contributed by atoms with Crippen LogP contribution in [0, 0.1) is 6.92 Å². The van der Waals surface area contributed by atoms with Crippen LogP contribution >= 0.6 is 0 Å². The molecule has 1 rings (SSSR count). The summed E-state index contributed by atoms with van der Waals surface area (Å²) in [6.45, 7) is 7.16. The maximum absolute atomic E-state index is 12.3. The van der Waals surface area contributed by atoms with Gasteiger partial charge in [0, 0.05) is 5.56 Å². The molecule has 0 unspecified atom stereocenters. The molecule has 0 spiro atoms. The molecule has 16 heavy (non-hydrogen) atoms. The second kappa shape index (κ2) is 4.00. The van der Waals surface area contributed by atoms with E-state index in [1.807, 2.05) is 20.8 Å². The van der Waals surface area contributed by atoms with Gasteiger partial charge in [-0.05, 0) is 17.9 Å². The number of hydrogen-bond donors (Lipinski definition) is 0. The zero-order valence-electron chi connectivity index (χ0n) is 9.77. The first-order valence-corrected chi connectivity index (χ1v) is 4.97. The van der Waals surface area contributed by atoms with Crippen LogP contribution in [0.3, 0.4) is 0 Å². The van der Waals surface area contributed by atoms with Crippen LogP contribution in [0.5, 0.6) is 5.75 Å². The molecule has 0 aliphatic heterocycles. The summed E-state index contributed by atoms with van der Waals surface area (Å²) in [5.74, 6) is -0.0810. The number of rotatable bonds is 1. The van der Waals surface area contributed by atoms with Gasteiger partial charge in [-0.1, -0.05) is 39.0 Å². The lowest BCUT2D eigenvalue weighted by molar-refractivity contribution is -0.275. The monoisotopic (exact) mass is 232 g/mol. The summed E-state index contributed by atoms with van der Waals surface area (Å²) in [6.07, 6.45) is -4.65. The number of aryl methyl sites for hydroxylation is 1. The highest BCUT2D eigenvalue weighted by Crippen LogP contribution is 2.36. The fraction of sp³-hybridized carbons (Fsp3) is 0.500. The Balaban J connectivity index is 3.25. The summed E-state index contributed by atoms with van der Waals surface area (Å²) in [6, 6.07) is 5.00. The summed E-state index contributed by atoms with van der Waals surface area (Å²) in [5, 5.41) is 0. The van der Waals surface area contributed by atoms with E-state index in [1.165, 1.54) is 0 Å². The lowest BCUT2D eigenvalue weighted by Gasteiger charge is -2.24. The minimum atomic E-state index is -4.65. The highest BCUT2D eigenvalue weighted by Gasteiger charge is 2.34. The smallest absolute Gasteiger partial charge is 0.405 e. The van der Waals surface area contributed by atoms with Crippen molar-refractivity contribution in [3.63, 3.8) is 0 Å². The van der Waals surface area contributed by atoms with Crippen molar-refractivity contribution in [1.29, 1.82) is 0 Å². The third-order valence-corrected chi connectivity index (χ3v) is 2.24. The van der Waals surface area contributed by atoms with Gasteiger partial charge in [0.2, 0.25) is 0 Å². The predicted molar refractivity (Wildman–Crippen MR) is 56.6 cm³/mol. The van der Waals surface area contributed by atoms with Crippen LogP contribution in [0.2, 0.25) is 0 Å². The number of halogens is 3. The molecule has 0 saturated carbocycles. The second-order valence-electron chi connectivity index (χ2n) is 4.75. The predicted octanol–water partition coefficient (Wildman–Crippen LogP) is 4.19. The minimum Gasteiger partial charge on any atom is -0.405 e. The Hall–Kier alpha value is -1.19. The second-order valence-corrected chi connectivity index (χ2v) is 4.75. The van der Waals surface area contributed by atoms with Crippen LogP contribution in [-0.2, 0) is 5.41 Å². The molecule has 0 fully saturated rings. The van der Waals surface area contributed by atoms with Crippen molar-refractivity contribution in [2.24, 2.45) is 0 Å². The van der Waals surface area contributed by atoms with E-state index in [1.54, 1.807) is 25.1 Å². The van der Waals surface area contributed by atoms with Crippen LogP contribution in [-0.4, -0.2) is 6.36 Å². The summed E-state index contributed by atoms with van der Waals surface area (Å²) in [7, 11) is 0. The Kier molecular flexibility index (Phi) is 3.22. The van der Waals surface area contributed by atoms with Crippen molar-refractivity contribution in [1.82, 2.24) is 0 Å². The molecular weight excluding hydrogens is 217 g/mol. The standard InChI is InChI=1S/C12H15F3O/c1-8-6-5-7-9(11(2,3)4)10(8)16-12(13,14)15/h5-7H,1-4H3. The minimum absolute atomic E-state index is 0.0810. The van der Waals surface area contributed by atoms with Crippen molar-refractivity contribution >= 4 is 0 Å². The molecule has 1 aromatic carbocycles. The van der Waals surface area contributed by atoms with Gasteiger partial charge in [-0.15, -0.1) is 13.2 Å². The average molecular weight is 232 g/mol. The normalized spacial score (nSPS) is 12.7. The van der Waals surface area contributed by atoms with Gasteiger partial charge < -0.3 is 4.74 Å². The Morgan fingerprint density at radius 3 is 2.06 bits per heavy atom. The first-order valence-electron chi connectivity index (χ1n) is 4.97. The highest BCUT2D eigenvalue weighted by molar-refractivity contribution is 5.44. The molecule has 0 radical (unpaired) electrons. The number of hydrogen-bond acceptors (Lipinski definition) is 1. The van der Waals surface area contributed by atoms with Crippen molar-refractivity contribution in [2.75, 3.05) is 0 Å². The molecule has 1 nitrogen and oxygen atoms in total. The summed E-state index contributed by atoms with van der Waals surface area (Å²) in [5.41, 5.74) is 0.668. The zero-order valence-corrected chi connectivity index (χ0v) is 9.77. The van der Waals surface area contributed by atoms with Gasteiger partial charge in [0.1, 0.15) is 5.75 Å². The van der Waals surface area contributed by atoms with Crippen molar-refractivity contribution in [3.05, 3.63) is 29.3 Å². The third-order valence-electron chi connectivity index (χ3n) is 2.24. The van der Waals surface area contributed by atoms with Gasteiger partial charge in [-0.3, -0.25) is 0 Å². The van der Waals surface area contributed by atoms with Crippen molar-refractivity contribution < 1.29 is 17.9 Å². The zero-order chi connectivity index (χ0) is 12.6. The molecule has 0 saturated heterocycles. The number of ether oxygens (including phenoxy) is 1. The summed E-state index contributed by atoms with van der Waals surface area (Å²) in [4.78, 5) is 0. The largest absolute Gasteiger partial charge is 0.573 e. The molecule has 0 N–H and O–H groups in total. The summed E-state index contributed by atoms with van der Waals surface area (Å²) >= 11 is 0. The third kappa shape index (κ3) is 3.15. The Morgan fingerprint density at radius 1 is 1.06 bits per heavy atom. The molecule has 0 amide bonds. The van der Waals surface area contributed by atoms with Gasteiger partial charge in [-0.2, -0.15) is 0 Å². The topological polar surface area (TPSA) is 9.23 Å². The van der Waals surface area contributed by atoms with Gasteiger partial charge >= 0.3 is 6.36 Å². The van der Waals surface area contributed by atoms with Gasteiger partial charge in [-0.25, -0.2) is 0 Å². The maximum Gasteiger partial charge on any atom is 0.573 e. The van der Waals surface area contributed by atoms with Gasteiger partial charge in [0.25, 0.3) is 0 Å². The Bertz CT molecular complexity index is 375. The van der Waals surface area contributed by atoms with Crippen LogP contribution in [0.15, 0.2) is 18.2 Å². The molecule has 0 aliphatic rings. The van der Waals surface area contributed by atoms with Crippen LogP contribution < -0.4 is 4.74 Å². The first kappa shape index (κ1) is 12.9. The number of alkyl halides is 3. The van der Waals surface area contributed by atoms with E-state index in [9.17, 15) is 13.2 Å². The van der Waals surface area contributed by atoms with Crippen LogP contribution in [0.25, 0.3) is 0 Å². The fourth-order valence-electron chi connectivity index (χ4n) is 1.49. The molecular formula is C12H15F3O. The average Bonchev–Trinajstić information content (AvgIpc) is 2.04. The van der Waals surface area contributed by atoms with Gasteiger partial charge in [0.15, 0.2) is 0 Å². The molecule has 0 aromatic heterocycles. The molecule has 0 atom stereocenters. The number of para-hydroxylation sites is 1. The first-order chi connectivity index (χ1) is 7.11. The van der Waals surface area contributed by atoms with E-state index in [0.717, 1.165) is 0 Å².